The average molecular weight is 357 g/mol. The summed E-state index contributed by atoms with van der Waals surface area (Å²) >= 11 is 0. The number of hydrogen-bond donors (Lipinski definition) is 1. The lowest BCUT2D eigenvalue weighted by molar-refractivity contribution is -0.136. The van der Waals surface area contributed by atoms with Crippen LogP contribution < -0.4 is 5.32 Å². The normalized spacial score (nSPS) is 23.1. The first-order chi connectivity index (χ1) is 12.5. The second-order valence-corrected chi connectivity index (χ2v) is 8.38. The van der Waals surface area contributed by atoms with E-state index in [2.05, 4.69) is 49.5 Å². The Morgan fingerprint density at radius 2 is 1.81 bits per heavy atom. The van der Waals surface area contributed by atoms with Crippen LogP contribution in [0.4, 0.5) is 0 Å². The molecule has 3 rings (SSSR count). The van der Waals surface area contributed by atoms with Crippen LogP contribution in [-0.4, -0.2) is 36.3 Å². The third-order valence-electron chi connectivity index (χ3n) is 5.76. The van der Waals surface area contributed by atoms with Crippen LogP contribution in [0, 0.1) is 23.7 Å². The first kappa shape index (κ1) is 18.9. The van der Waals surface area contributed by atoms with E-state index in [1.807, 2.05) is 4.90 Å². The highest BCUT2D eigenvalue weighted by atomic mass is 16.2. The van der Waals surface area contributed by atoms with E-state index in [1.54, 1.807) is 0 Å². The van der Waals surface area contributed by atoms with Crippen LogP contribution in [0.5, 0.6) is 0 Å². The number of hydrogen-bond acceptors (Lipinski definition) is 2. The number of nitrogens with one attached hydrogen (secondary N) is 1. The molecule has 1 aliphatic heterocycles. The molecule has 0 radical (unpaired) electrons. The fourth-order valence-corrected chi connectivity index (χ4v) is 3.91. The zero-order chi connectivity index (χ0) is 18.5. The van der Waals surface area contributed by atoms with Gasteiger partial charge in [0.15, 0.2) is 0 Å². The fraction of sp³-hybridized carbons (Fsp3) is 0.636. The van der Waals surface area contributed by atoms with Gasteiger partial charge in [0.05, 0.1) is 11.8 Å². The Kier molecular flexibility index (Phi) is 6.33. The molecule has 1 saturated carbocycles. The molecule has 0 bridgehead atoms. The highest BCUT2D eigenvalue weighted by Gasteiger charge is 2.49. The number of benzene rings is 1. The van der Waals surface area contributed by atoms with Gasteiger partial charge >= 0.3 is 0 Å². The quantitative estimate of drug-likeness (QED) is 0.815. The zero-order valence-electron chi connectivity index (χ0n) is 16.1. The Bertz CT molecular complexity index is 606. The molecule has 1 aromatic carbocycles. The molecule has 2 amide bonds. The summed E-state index contributed by atoms with van der Waals surface area (Å²) in [5.41, 5.74) is 1.39. The zero-order valence-corrected chi connectivity index (χ0v) is 16.1. The molecular weight excluding hydrogens is 324 g/mol. The van der Waals surface area contributed by atoms with Gasteiger partial charge in [0.25, 0.3) is 0 Å². The minimum Gasteiger partial charge on any atom is -0.356 e. The van der Waals surface area contributed by atoms with Crippen LogP contribution in [0.3, 0.4) is 0 Å². The van der Waals surface area contributed by atoms with Gasteiger partial charge < -0.3 is 10.2 Å². The number of rotatable bonds is 7. The summed E-state index contributed by atoms with van der Waals surface area (Å²) in [6, 6.07) is 10.6. The van der Waals surface area contributed by atoms with Gasteiger partial charge in [-0.3, -0.25) is 9.59 Å². The second-order valence-electron chi connectivity index (χ2n) is 8.38. The maximum absolute atomic E-state index is 12.7. The molecule has 4 nitrogen and oxygen atoms in total. The summed E-state index contributed by atoms with van der Waals surface area (Å²) in [6.07, 6.45) is 4.96. The lowest BCUT2D eigenvalue weighted by atomic mass is 9.90. The van der Waals surface area contributed by atoms with Crippen molar-refractivity contribution in [3.05, 3.63) is 35.9 Å². The summed E-state index contributed by atoms with van der Waals surface area (Å²) in [7, 11) is 0. The van der Waals surface area contributed by atoms with Crippen molar-refractivity contribution >= 4 is 11.8 Å². The molecule has 2 fully saturated rings. The summed E-state index contributed by atoms with van der Waals surface area (Å²) in [4.78, 5) is 26.8. The van der Waals surface area contributed by atoms with Gasteiger partial charge in [0.2, 0.25) is 11.8 Å². The Balaban J connectivity index is 1.38. The molecule has 1 N–H and O–H groups in total. The highest BCUT2D eigenvalue weighted by molar-refractivity contribution is 5.92. The van der Waals surface area contributed by atoms with Crippen LogP contribution in [0.25, 0.3) is 0 Å². The first-order valence-corrected chi connectivity index (χ1v) is 10.1. The molecule has 2 aliphatic rings. The number of carbonyl (C=O) groups excluding carboxylic acids is 2. The van der Waals surface area contributed by atoms with Crippen LogP contribution in [-0.2, 0) is 16.0 Å². The molecular formula is C22H32N2O2. The van der Waals surface area contributed by atoms with E-state index < -0.39 is 0 Å². The van der Waals surface area contributed by atoms with Crippen molar-refractivity contribution in [3.63, 3.8) is 0 Å². The van der Waals surface area contributed by atoms with E-state index in [1.165, 1.54) is 5.56 Å². The smallest absolute Gasteiger partial charge is 0.226 e. The minimum absolute atomic E-state index is 0.0697. The predicted octanol–water partition coefficient (Wildman–Crippen LogP) is 3.27. The van der Waals surface area contributed by atoms with Gasteiger partial charge in [-0.05, 0) is 49.5 Å². The SMILES string of the molecule is CC(C)CCNC(=O)C1CC1C(=O)N1CCC(Cc2ccccc2)CC1. The van der Waals surface area contributed by atoms with Crippen molar-refractivity contribution in [2.45, 2.75) is 46.0 Å². The monoisotopic (exact) mass is 356 g/mol. The molecule has 142 valence electrons. The first-order valence-electron chi connectivity index (χ1n) is 10.1. The van der Waals surface area contributed by atoms with Crippen LogP contribution in [0.15, 0.2) is 30.3 Å². The van der Waals surface area contributed by atoms with Crippen molar-refractivity contribution in [3.8, 4) is 0 Å². The van der Waals surface area contributed by atoms with Gasteiger partial charge in [0.1, 0.15) is 0 Å². The van der Waals surface area contributed by atoms with E-state index in [-0.39, 0.29) is 23.7 Å². The molecule has 4 heteroatoms. The van der Waals surface area contributed by atoms with E-state index in [0.29, 0.717) is 11.8 Å². The van der Waals surface area contributed by atoms with Gasteiger partial charge in [0, 0.05) is 19.6 Å². The lowest BCUT2D eigenvalue weighted by Gasteiger charge is -2.32. The molecule has 1 saturated heterocycles. The van der Waals surface area contributed by atoms with Crippen molar-refractivity contribution in [1.29, 1.82) is 0 Å². The molecule has 0 aromatic heterocycles. The Hall–Kier alpha value is -1.84. The average Bonchev–Trinajstić information content (AvgIpc) is 3.43. The number of nitrogens with zero attached hydrogens (tertiary/aromatic N) is 1. The van der Waals surface area contributed by atoms with Crippen molar-refractivity contribution < 1.29 is 9.59 Å². The number of piperidine rings is 1. The molecule has 1 heterocycles. The summed E-state index contributed by atoms with van der Waals surface area (Å²) in [6.45, 7) is 6.70. The number of carbonyl (C=O) groups is 2. The summed E-state index contributed by atoms with van der Waals surface area (Å²) in [5.74, 6) is 1.37. The third kappa shape index (κ3) is 5.09. The van der Waals surface area contributed by atoms with Crippen LogP contribution >= 0.6 is 0 Å². The molecule has 2 unspecified atom stereocenters. The molecule has 26 heavy (non-hydrogen) atoms. The van der Waals surface area contributed by atoms with E-state index >= 15 is 0 Å². The Morgan fingerprint density at radius 3 is 2.46 bits per heavy atom. The standard InChI is InChI=1S/C22H32N2O2/c1-16(2)8-11-23-21(25)19-15-20(19)22(26)24-12-9-18(10-13-24)14-17-6-4-3-5-7-17/h3-7,16,18-20H,8-15H2,1-2H3,(H,23,25). The van der Waals surface area contributed by atoms with Crippen LogP contribution in [0.1, 0.15) is 45.1 Å². The highest BCUT2D eigenvalue weighted by Crippen LogP contribution is 2.40. The maximum atomic E-state index is 12.7. The lowest BCUT2D eigenvalue weighted by Crippen LogP contribution is -2.40. The molecule has 2 atom stereocenters. The predicted molar refractivity (Wildman–Crippen MR) is 104 cm³/mol. The van der Waals surface area contributed by atoms with Gasteiger partial charge in [-0.25, -0.2) is 0 Å². The largest absolute Gasteiger partial charge is 0.356 e. The summed E-state index contributed by atoms with van der Waals surface area (Å²) in [5, 5.41) is 2.99. The van der Waals surface area contributed by atoms with E-state index in [9.17, 15) is 9.59 Å². The van der Waals surface area contributed by atoms with E-state index in [4.69, 9.17) is 0 Å². The number of amides is 2. The molecule has 0 spiro atoms. The molecule has 1 aliphatic carbocycles. The topological polar surface area (TPSA) is 49.4 Å². The minimum atomic E-state index is -0.0864. The van der Waals surface area contributed by atoms with Gasteiger partial charge in [-0.15, -0.1) is 0 Å². The van der Waals surface area contributed by atoms with Crippen molar-refractivity contribution in [2.24, 2.45) is 23.7 Å². The fourth-order valence-electron chi connectivity index (χ4n) is 3.91. The Labute approximate surface area is 157 Å². The Morgan fingerprint density at radius 1 is 1.12 bits per heavy atom. The third-order valence-corrected chi connectivity index (χ3v) is 5.76. The van der Waals surface area contributed by atoms with Crippen LogP contribution in [0.2, 0.25) is 0 Å². The second kappa shape index (κ2) is 8.70. The van der Waals surface area contributed by atoms with Gasteiger partial charge in [-0.2, -0.15) is 0 Å². The van der Waals surface area contributed by atoms with Crippen molar-refractivity contribution in [1.82, 2.24) is 10.2 Å². The maximum Gasteiger partial charge on any atom is 0.226 e. The molecule has 1 aromatic rings. The van der Waals surface area contributed by atoms with Gasteiger partial charge in [-0.1, -0.05) is 44.2 Å². The summed E-state index contributed by atoms with van der Waals surface area (Å²) < 4.78 is 0. The van der Waals surface area contributed by atoms with Crippen molar-refractivity contribution in [2.75, 3.05) is 19.6 Å². The number of likely N-dealkylation sites (tertiary alicyclic amines) is 1. The van der Waals surface area contributed by atoms with E-state index in [0.717, 1.165) is 51.7 Å².